The van der Waals surface area contributed by atoms with Gasteiger partial charge < -0.3 is 30.5 Å². The summed E-state index contributed by atoms with van der Waals surface area (Å²) in [6.45, 7) is 6.67. The van der Waals surface area contributed by atoms with Gasteiger partial charge in [0.1, 0.15) is 0 Å². The van der Waals surface area contributed by atoms with E-state index in [0.717, 1.165) is 51.4 Å². The molecule has 0 unspecified atom stereocenters. The maximum absolute atomic E-state index is 13.2. The van der Waals surface area contributed by atoms with E-state index >= 15 is 0 Å². The van der Waals surface area contributed by atoms with E-state index in [1.165, 1.54) is 64.2 Å². The summed E-state index contributed by atoms with van der Waals surface area (Å²) in [5.74, 6) is -3.25. The molecule has 0 bridgehead atoms. The van der Waals surface area contributed by atoms with Crippen molar-refractivity contribution in [2.45, 2.75) is 167 Å². The summed E-state index contributed by atoms with van der Waals surface area (Å²) in [5, 5.41) is 22.5. The fraction of sp³-hybridized carbons (Fsp3) is 0.857. The highest BCUT2D eigenvalue weighted by atomic mass is 16.6. The predicted octanol–water partition coefficient (Wildman–Crippen LogP) is 6.85. The third-order valence-electron chi connectivity index (χ3n) is 8.04. The maximum atomic E-state index is 13.2. The Bertz CT molecular complexity index is 876. The third kappa shape index (κ3) is 25.9. The van der Waals surface area contributed by atoms with Crippen molar-refractivity contribution in [3.05, 3.63) is 10.1 Å². The summed E-state index contributed by atoms with van der Waals surface area (Å²) < 4.78 is 10.9. The minimum Gasteiger partial charge on any atom is -0.742 e. The van der Waals surface area contributed by atoms with Crippen molar-refractivity contribution in [1.82, 2.24) is 15.8 Å². The van der Waals surface area contributed by atoms with E-state index in [9.17, 15) is 29.3 Å². The lowest BCUT2D eigenvalue weighted by molar-refractivity contribution is -0.176. The number of nitroso groups, excluding NO2 is 1. The molecule has 0 aliphatic heterocycles. The van der Waals surface area contributed by atoms with Gasteiger partial charge in [-0.15, -0.1) is 0 Å². The van der Waals surface area contributed by atoms with Crippen molar-refractivity contribution in [2.75, 3.05) is 26.2 Å². The molecule has 0 saturated heterocycles. The first-order valence-corrected chi connectivity index (χ1v) is 18.4. The van der Waals surface area contributed by atoms with Crippen molar-refractivity contribution >= 4 is 30.5 Å². The second kappa shape index (κ2) is 32.5. The smallest absolute Gasteiger partial charge is 0.306 e. The van der Waals surface area contributed by atoms with Crippen LogP contribution in [0.5, 0.6) is 0 Å². The van der Waals surface area contributed by atoms with Gasteiger partial charge in [0.2, 0.25) is 12.2 Å². The highest BCUT2D eigenvalue weighted by molar-refractivity contribution is 5.93. The molecular weight excluding hydrogens is 618 g/mol. The van der Waals surface area contributed by atoms with Crippen LogP contribution in [-0.2, 0) is 28.7 Å². The molecule has 0 fully saturated rings. The van der Waals surface area contributed by atoms with Crippen LogP contribution in [0.1, 0.15) is 155 Å². The standard InChI is InChI=1S/C35H64N5O8/c1-4-6-8-10-12-14-16-18-20-22-24-30(41)47-32(34(43)37-26-27-39-45)33(35(44)38-28-29-40(46)36-3)48-31(42)25-23-21-19-17-15-13-11-9-7-5-2/h32-33H,3-29H2,1-2H3,(H,37,43)(H,38,44)/q-1/t32-,33-/m1/s1. The van der Waals surface area contributed by atoms with Crippen LogP contribution in [0.3, 0.4) is 0 Å². The van der Waals surface area contributed by atoms with Crippen LogP contribution in [0.4, 0.5) is 0 Å². The summed E-state index contributed by atoms with van der Waals surface area (Å²) in [6.07, 6.45) is 17.9. The summed E-state index contributed by atoms with van der Waals surface area (Å²) in [5.41, 5.74) is 0. The number of ether oxygens (including phenoxy) is 2. The van der Waals surface area contributed by atoms with Crippen molar-refractivity contribution in [2.24, 2.45) is 10.3 Å². The lowest BCUT2D eigenvalue weighted by Gasteiger charge is -2.27. The monoisotopic (exact) mass is 682 g/mol. The number of esters is 2. The second-order valence-corrected chi connectivity index (χ2v) is 12.3. The van der Waals surface area contributed by atoms with Crippen LogP contribution >= 0.6 is 0 Å². The highest BCUT2D eigenvalue weighted by Gasteiger charge is 2.40. The predicted molar refractivity (Wildman–Crippen MR) is 189 cm³/mol. The second-order valence-electron chi connectivity index (χ2n) is 12.3. The molecular formula is C35H64N5O8-. The Labute approximate surface area is 288 Å². The van der Waals surface area contributed by atoms with Crippen LogP contribution in [0.25, 0.3) is 0 Å². The minimum absolute atomic E-state index is 0.0188. The molecule has 0 aliphatic rings. The summed E-state index contributed by atoms with van der Waals surface area (Å²) in [6, 6.07) is 0. The van der Waals surface area contributed by atoms with E-state index < -0.39 is 36.0 Å². The molecule has 13 heteroatoms. The quantitative estimate of drug-likeness (QED) is 0.0241. The topological polar surface area (TPSA) is 179 Å². The largest absolute Gasteiger partial charge is 0.742 e. The summed E-state index contributed by atoms with van der Waals surface area (Å²) in [7, 11) is 0. The molecule has 0 spiro atoms. The molecule has 2 N–H and O–H groups in total. The first-order chi connectivity index (χ1) is 23.3. The van der Waals surface area contributed by atoms with Gasteiger partial charge in [-0.1, -0.05) is 135 Å². The molecule has 278 valence electrons. The van der Waals surface area contributed by atoms with E-state index in [0.29, 0.717) is 12.8 Å². The number of unbranched alkanes of at least 4 members (excludes halogenated alkanes) is 18. The van der Waals surface area contributed by atoms with Crippen LogP contribution in [-0.4, -0.2) is 74.0 Å². The van der Waals surface area contributed by atoms with E-state index in [-0.39, 0.29) is 44.2 Å². The first kappa shape index (κ1) is 44.9. The molecule has 2 amide bonds. The number of carbonyl (C=O) groups excluding carboxylic acids is 4. The van der Waals surface area contributed by atoms with Crippen LogP contribution < -0.4 is 10.6 Å². The zero-order valence-corrected chi connectivity index (χ0v) is 29.9. The van der Waals surface area contributed by atoms with Gasteiger partial charge in [0.15, 0.2) is 0 Å². The summed E-state index contributed by atoms with van der Waals surface area (Å²) in [4.78, 5) is 62.6. The van der Waals surface area contributed by atoms with E-state index in [1.54, 1.807) is 0 Å². The molecule has 13 nitrogen and oxygen atoms in total. The summed E-state index contributed by atoms with van der Waals surface area (Å²) >= 11 is 0. The van der Waals surface area contributed by atoms with Crippen LogP contribution in [0, 0.1) is 10.1 Å². The molecule has 0 radical (unpaired) electrons. The Morgan fingerprint density at radius 1 is 0.625 bits per heavy atom. The van der Waals surface area contributed by atoms with Gasteiger partial charge >= 0.3 is 11.9 Å². The van der Waals surface area contributed by atoms with Gasteiger partial charge in [0, 0.05) is 39.2 Å². The van der Waals surface area contributed by atoms with Crippen molar-refractivity contribution in [1.29, 1.82) is 0 Å². The van der Waals surface area contributed by atoms with Gasteiger partial charge in [0.25, 0.3) is 11.8 Å². The lowest BCUT2D eigenvalue weighted by Crippen LogP contribution is -2.54. The molecule has 48 heavy (non-hydrogen) atoms. The zero-order chi connectivity index (χ0) is 35.7. The molecule has 0 saturated carbocycles. The number of hydrogen-bond donors (Lipinski definition) is 2. The number of hydroxylamine groups is 1. The molecule has 0 aromatic heterocycles. The molecule has 0 heterocycles. The zero-order valence-electron chi connectivity index (χ0n) is 29.9. The number of amides is 2. The van der Waals surface area contributed by atoms with Gasteiger partial charge in [-0.25, -0.2) is 5.10 Å². The average molecular weight is 683 g/mol. The van der Waals surface area contributed by atoms with Crippen molar-refractivity contribution < 1.29 is 28.7 Å². The number of nitrogens with one attached hydrogen (secondary N) is 2. The van der Waals surface area contributed by atoms with E-state index in [4.69, 9.17) is 9.47 Å². The fourth-order valence-electron chi connectivity index (χ4n) is 5.19. The Hall–Kier alpha value is -3.09. The molecule has 0 rings (SSSR count). The number of rotatable bonds is 34. The molecule has 0 aromatic rings. The molecule has 2 atom stereocenters. The lowest BCUT2D eigenvalue weighted by atomic mass is 10.1. The van der Waals surface area contributed by atoms with Gasteiger partial charge in [-0.2, -0.15) is 4.91 Å². The minimum atomic E-state index is -1.81. The Balaban J connectivity index is 5.22. The normalized spacial score (nSPS) is 12.1. The Morgan fingerprint density at radius 2 is 0.979 bits per heavy atom. The van der Waals surface area contributed by atoms with Gasteiger partial charge in [-0.3, -0.25) is 19.2 Å². The van der Waals surface area contributed by atoms with E-state index in [2.05, 4.69) is 41.5 Å². The molecule has 0 aromatic carbocycles. The van der Waals surface area contributed by atoms with Crippen LogP contribution in [0.2, 0.25) is 0 Å². The number of nitrogens with zero attached hydrogens (tertiary/aromatic N) is 3. The van der Waals surface area contributed by atoms with Crippen LogP contribution in [0.15, 0.2) is 10.3 Å². The van der Waals surface area contributed by atoms with Crippen molar-refractivity contribution in [3.8, 4) is 0 Å². The Kier molecular flexibility index (Phi) is 30.4. The number of hydrazone groups is 1. The highest BCUT2D eigenvalue weighted by Crippen LogP contribution is 2.16. The fourth-order valence-corrected chi connectivity index (χ4v) is 5.19. The first-order valence-electron chi connectivity index (χ1n) is 18.4. The average Bonchev–Trinajstić information content (AvgIpc) is 3.07. The van der Waals surface area contributed by atoms with Gasteiger partial charge in [0.05, 0.1) is 6.54 Å². The van der Waals surface area contributed by atoms with E-state index in [1.807, 2.05) is 0 Å². The third-order valence-corrected chi connectivity index (χ3v) is 8.04. The SMILES string of the molecule is C=NN([O-])CCNC(=O)[C@H](OC(=O)CCCCCCCCCCCC)[C@@H](OC(=O)CCCCCCCCCCCC)C(=O)NCCN=O. The van der Waals surface area contributed by atoms with Gasteiger partial charge in [-0.05, 0) is 12.8 Å². The maximum Gasteiger partial charge on any atom is 0.306 e. The number of carbonyl (C=O) groups is 4. The van der Waals surface area contributed by atoms with Crippen molar-refractivity contribution in [3.63, 3.8) is 0 Å². The Morgan fingerprint density at radius 3 is 1.33 bits per heavy atom. The number of hydrogen-bond acceptors (Lipinski definition) is 11. The molecule has 0 aliphatic carbocycles.